The highest BCUT2D eigenvalue weighted by Gasteiger charge is 2.07. The molecule has 0 radical (unpaired) electrons. The number of hydrogen-bond acceptors (Lipinski definition) is 2. The van der Waals surface area contributed by atoms with E-state index in [0.717, 1.165) is 16.6 Å². The molecule has 6 heteroatoms. The van der Waals surface area contributed by atoms with E-state index in [1.807, 2.05) is 24.3 Å². The molecule has 0 atom stereocenters. The molecule has 2 aromatic rings. The maximum atomic E-state index is 13.5. The van der Waals surface area contributed by atoms with E-state index < -0.39 is 11.6 Å². The van der Waals surface area contributed by atoms with Crippen LogP contribution < -0.4 is 10.1 Å². The standard InChI is InChI=1S/C14H11Br2F2NO/c15-9-2-1-3-10(6-9)20-5-4-19-14-8-12(17)11(16)7-13(14)18/h1-3,6-8,19H,4-5H2. The molecule has 0 unspecified atom stereocenters. The van der Waals surface area contributed by atoms with Crippen LogP contribution in [0.5, 0.6) is 5.75 Å². The van der Waals surface area contributed by atoms with Gasteiger partial charge in [0.25, 0.3) is 0 Å². The molecule has 0 aliphatic rings. The van der Waals surface area contributed by atoms with Gasteiger partial charge in [0.2, 0.25) is 0 Å². The summed E-state index contributed by atoms with van der Waals surface area (Å²) in [4.78, 5) is 0. The summed E-state index contributed by atoms with van der Waals surface area (Å²) in [5, 5.41) is 2.79. The van der Waals surface area contributed by atoms with E-state index in [0.29, 0.717) is 18.9 Å². The second kappa shape index (κ2) is 7.04. The minimum absolute atomic E-state index is 0.103. The van der Waals surface area contributed by atoms with Crippen LogP contribution in [0.3, 0.4) is 0 Å². The van der Waals surface area contributed by atoms with Gasteiger partial charge in [-0.25, -0.2) is 8.78 Å². The van der Waals surface area contributed by atoms with Gasteiger partial charge in [-0.2, -0.15) is 0 Å². The molecular formula is C14H11Br2F2NO. The van der Waals surface area contributed by atoms with Crippen LogP contribution in [0.1, 0.15) is 0 Å². The van der Waals surface area contributed by atoms with Crippen LogP contribution in [0.4, 0.5) is 14.5 Å². The number of ether oxygens (including phenoxy) is 1. The van der Waals surface area contributed by atoms with Crippen molar-refractivity contribution in [1.82, 2.24) is 0 Å². The number of halogens is 4. The fraction of sp³-hybridized carbons (Fsp3) is 0.143. The molecule has 0 bridgehead atoms. The van der Waals surface area contributed by atoms with Crippen molar-refractivity contribution >= 4 is 37.5 Å². The predicted molar refractivity (Wildman–Crippen MR) is 82.2 cm³/mol. The third-order valence-electron chi connectivity index (χ3n) is 2.49. The largest absolute Gasteiger partial charge is 0.492 e. The molecule has 0 saturated carbocycles. The van der Waals surface area contributed by atoms with E-state index in [4.69, 9.17) is 4.74 Å². The zero-order valence-electron chi connectivity index (χ0n) is 10.3. The Labute approximate surface area is 132 Å². The minimum atomic E-state index is -0.513. The van der Waals surface area contributed by atoms with Gasteiger partial charge in [0.1, 0.15) is 24.0 Å². The van der Waals surface area contributed by atoms with E-state index in [1.54, 1.807) is 0 Å². The smallest absolute Gasteiger partial charge is 0.147 e. The summed E-state index contributed by atoms with van der Waals surface area (Å²) in [5.41, 5.74) is 0.114. The van der Waals surface area contributed by atoms with Crippen LogP contribution in [-0.2, 0) is 0 Å². The summed E-state index contributed by atoms with van der Waals surface area (Å²) in [5.74, 6) is -0.314. The molecule has 2 rings (SSSR count). The van der Waals surface area contributed by atoms with Crippen LogP contribution in [0.15, 0.2) is 45.3 Å². The van der Waals surface area contributed by atoms with Gasteiger partial charge in [-0.3, -0.25) is 0 Å². The molecule has 2 aromatic carbocycles. The maximum Gasteiger partial charge on any atom is 0.147 e. The third-order valence-corrected chi connectivity index (χ3v) is 3.59. The van der Waals surface area contributed by atoms with E-state index in [1.165, 1.54) is 0 Å². The normalized spacial score (nSPS) is 10.4. The first-order valence-corrected chi connectivity index (χ1v) is 7.41. The van der Waals surface area contributed by atoms with Crippen molar-refractivity contribution in [2.75, 3.05) is 18.5 Å². The highest BCUT2D eigenvalue weighted by Crippen LogP contribution is 2.23. The molecule has 0 heterocycles. The van der Waals surface area contributed by atoms with Gasteiger partial charge in [0.15, 0.2) is 0 Å². The first-order valence-electron chi connectivity index (χ1n) is 5.83. The Balaban J connectivity index is 1.86. The quantitative estimate of drug-likeness (QED) is 0.558. The SMILES string of the molecule is Fc1cc(NCCOc2cccc(Br)c2)c(F)cc1Br. The van der Waals surface area contributed by atoms with Gasteiger partial charge >= 0.3 is 0 Å². The number of anilines is 1. The lowest BCUT2D eigenvalue weighted by Gasteiger charge is -2.10. The van der Waals surface area contributed by atoms with Gasteiger partial charge in [-0.1, -0.05) is 22.0 Å². The van der Waals surface area contributed by atoms with Gasteiger partial charge in [-0.15, -0.1) is 0 Å². The fourth-order valence-corrected chi connectivity index (χ4v) is 2.26. The summed E-state index contributed by atoms with van der Waals surface area (Å²) >= 11 is 6.27. The van der Waals surface area contributed by atoms with Crippen LogP contribution in [0, 0.1) is 11.6 Å². The van der Waals surface area contributed by atoms with Crippen molar-refractivity contribution in [2.24, 2.45) is 0 Å². The minimum Gasteiger partial charge on any atom is -0.492 e. The lowest BCUT2D eigenvalue weighted by atomic mass is 10.3. The van der Waals surface area contributed by atoms with Gasteiger partial charge in [0.05, 0.1) is 10.2 Å². The molecule has 106 valence electrons. The highest BCUT2D eigenvalue weighted by molar-refractivity contribution is 9.10. The molecule has 0 aliphatic carbocycles. The molecule has 2 nitrogen and oxygen atoms in total. The zero-order valence-corrected chi connectivity index (χ0v) is 13.5. The molecule has 0 amide bonds. The molecule has 0 spiro atoms. The maximum absolute atomic E-state index is 13.5. The average molecular weight is 407 g/mol. The summed E-state index contributed by atoms with van der Waals surface area (Å²) in [7, 11) is 0. The highest BCUT2D eigenvalue weighted by atomic mass is 79.9. The summed E-state index contributed by atoms with van der Waals surface area (Å²) in [6.07, 6.45) is 0. The molecule has 0 aliphatic heterocycles. The van der Waals surface area contributed by atoms with Crippen LogP contribution in [0.25, 0.3) is 0 Å². The Bertz CT molecular complexity index is 608. The Morgan fingerprint density at radius 2 is 1.85 bits per heavy atom. The molecular weight excluding hydrogens is 396 g/mol. The predicted octanol–water partition coefficient (Wildman–Crippen LogP) is 4.98. The second-order valence-corrected chi connectivity index (χ2v) is 5.75. The van der Waals surface area contributed by atoms with Gasteiger partial charge in [-0.05, 0) is 40.2 Å². The average Bonchev–Trinajstić information content (AvgIpc) is 2.40. The van der Waals surface area contributed by atoms with Crippen molar-refractivity contribution in [3.8, 4) is 5.75 Å². The Hall–Kier alpha value is -1.14. The van der Waals surface area contributed by atoms with Gasteiger partial charge in [0, 0.05) is 17.1 Å². The summed E-state index contributed by atoms with van der Waals surface area (Å²) in [6.45, 7) is 0.706. The monoisotopic (exact) mass is 405 g/mol. The zero-order chi connectivity index (χ0) is 14.5. The van der Waals surface area contributed by atoms with Crippen LogP contribution in [0.2, 0.25) is 0 Å². The lowest BCUT2D eigenvalue weighted by molar-refractivity contribution is 0.332. The van der Waals surface area contributed by atoms with Crippen LogP contribution >= 0.6 is 31.9 Å². The molecule has 20 heavy (non-hydrogen) atoms. The van der Waals surface area contributed by atoms with Gasteiger partial charge < -0.3 is 10.1 Å². The first-order chi connectivity index (χ1) is 9.56. The van der Waals surface area contributed by atoms with Crippen molar-refractivity contribution in [3.63, 3.8) is 0 Å². The third kappa shape index (κ3) is 4.18. The number of nitrogens with one attached hydrogen (secondary N) is 1. The second-order valence-electron chi connectivity index (χ2n) is 3.98. The number of benzene rings is 2. The molecule has 0 fully saturated rings. The Morgan fingerprint density at radius 3 is 2.60 bits per heavy atom. The Morgan fingerprint density at radius 1 is 1.05 bits per heavy atom. The topological polar surface area (TPSA) is 21.3 Å². The fourth-order valence-electron chi connectivity index (χ4n) is 1.57. The number of hydrogen-bond donors (Lipinski definition) is 1. The first kappa shape index (κ1) is 15.3. The number of rotatable bonds is 5. The van der Waals surface area contributed by atoms with E-state index in [2.05, 4.69) is 37.2 Å². The molecule has 0 aromatic heterocycles. The van der Waals surface area contributed by atoms with E-state index in [9.17, 15) is 8.78 Å². The van der Waals surface area contributed by atoms with Crippen molar-refractivity contribution < 1.29 is 13.5 Å². The van der Waals surface area contributed by atoms with Crippen molar-refractivity contribution in [3.05, 3.63) is 57.0 Å². The lowest BCUT2D eigenvalue weighted by Crippen LogP contribution is -2.12. The van der Waals surface area contributed by atoms with Crippen LogP contribution in [-0.4, -0.2) is 13.2 Å². The van der Waals surface area contributed by atoms with E-state index >= 15 is 0 Å². The molecule has 1 N–H and O–H groups in total. The van der Waals surface area contributed by atoms with Crippen molar-refractivity contribution in [1.29, 1.82) is 0 Å². The summed E-state index contributed by atoms with van der Waals surface area (Å²) in [6, 6.07) is 9.61. The molecule has 0 saturated heterocycles. The Kier molecular flexibility index (Phi) is 5.37. The van der Waals surface area contributed by atoms with E-state index in [-0.39, 0.29) is 10.2 Å². The van der Waals surface area contributed by atoms with Crippen molar-refractivity contribution in [2.45, 2.75) is 0 Å². The summed E-state index contributed by atoms with van der Waals surface area (Å²) < 4.78 is 33.3.